The van der Waals surface area contributed by atoms with Crippen LogP contribution in [0, 0.1) is 0 Å². The number of hydrogen-bond donors (Lipinski definition) is 2. The molecule has 0 radical (unpaired) electrons. The minimum absolute atomic E-state index is 0.168. The molecule has 5 nitrogen and oxygen atoms in total. The summed E-state index contributed by atoms with van der Waals surface area (Å²) >= 11 is 5.94. The Balaban J connectivity index is 2.02. The van der Waals surface area contributed by atoms with E-state index in [-0.39, 0.29) is 11.8 Å². The molecule has 0 aliphatic heterocycles. The van der Waals surface area contributed by atoms with E-state index < -0.39 is 0 Å². The molecule has 1 aromatic heterocycles. The second-order valence-electron chi connectivity index (χ2n) is 4.95. The first-order valence-electron chi connectivity index (χ1n) is 7.36. The number of halogens is 1. The van der Waals surface area contributed by atoms with Crippen molar-refractivity contribution in [2.45, 2.75) is 19.8 Å². The molecule has 1 heterocycles. The van der Waals surface area contributed by atoms with Crippen LogP contribution in [0.25, 0.3) is 0 Å². The Hall–Kier alpha value is -2.40. The molecule has 0 saturated heterocycles. The van der Waals surface area contributed by atoms with Gasteiger partial charge in [0.1, 0.15) is 0 Å². The SMILES string of the molecule is CCC(=O)Nc1cc(Cl)ccc1C(=O)NCCc1ccncc1. The van der Waals surface area contributed by atoms with Gasteiger partial charge in [0, 0.05) is 30.4 Å². The van der Waals surface area contributed by atoms with Crippen molar-refractivity contribution >= 4 is 29.1 Å². The first-order chi connectivity index (χ1) is 11.1. The number of hydrogen-bond acceptors (Lipinski definition) is 3. The summed E-state index contributed by atoms with van der Waals surface area (Å²) in [6.45, 7) is 2.24. The van der Waals surface area contributed by atoms with Crippen molar-refractivity contribution in [2.75, 3.05) is 11.9 Å². The van der Waals surface area contributed by atoms with E-state index in [9.17, 15) is 9.59 Å². The number of nitrogens with zero attached hydrogens (tertiary/aromatic N) is 1. The van der Waals surface area contributed by atoms with Gasteiger partial charge in [-0.15, -0.1) is 0 Å². The van der Waals surface area contributed by atoms with Crippen molar-refractivity contribution in [3.63, 3.8) is 0 Å². The first kappa shape index (κ1) is 17.0. The molecule has 2 aromatic rings. The molecule has 0 unspecified atom stereocenters. The quantitative estimate of drug-likeness (QED) is 0.854. The van der Waals surface area contributed by atoms with E-state index in [1.54, 1.807) is 37.5 Å². The highest BCUT2D eigenvalue weighted by molar-refractivity contribution is 6.31. The summed E-state index contributed by atoms with van der Waals surface area (Å²) in [5, 5.41) is 6.01. The maximum atomic E-state index is 12.3. The van der Waals surface area contributed by atoms with Gasteiger partial charge < -0.3 is 10.6 Å². The summed E-state index contributed by atoms with van der Waals surface area (Å²) in [6.07, 6.45) is 4.47. The lowest BCUT2D eigenvalue weighted by atomic mass is 10.1. The molecule has 0 atom stereocenters. The van der Waals surface area contributed by atoms with Gasteiger partial charge >= 0.3 is 0 Å². The number of benzene rings is 1. The molecule has 0 saturated carbocycles. The summed E-state index contributed by atoms with van der Waals surface area (Å²) in [5.41, 5.74) is 1.91. The number of amides is 2. The van der Waals surface area contributed by atoms with Crippen molar-refractivity contribution < 1.29 is 9.59 Å². The highest BCUT2D eigenvalue weighted by Crippen LogP contribution is 2.21. The van der Waals surface area contributed by atoms with Gasteiger partial charge in [-0.25, -0.2) is 0 Å². The van der Waals surface area contributed by atoms with E-state index in [0.717, 1.165) is 5.56 Å². The highest BCUT2D eigenvalue weighted by Gasteiger charge is 2.13. The molecule has 2 N–H and O–H groups in total. The maximum Gasteiger partial charge on any atom is 0.253 e. The Morgan fingerprint density at radius 1 is 1.17 bits per heavy atom. The van der Waals surface area contributed by atoms with Crippen LogP contribution in [-0.4, -0.2) is 23.3 Å². The molecular formula is C17H18ClN3O2. The lowest BCUT2D eigenvalue weighted by molar-refractivity contribution is -0.115. The van der Waals surface area contributed by atoms with E-state index in [4.69, 9.17) is 11.6 Å². The maximum absolute atomic E-state index is 12.3. The van der Waals surface area contributed by atoms with E-state index in [0.29, 0.717) is 35.7 Å². The molecule has 0 spiro atoms. The fraction of sp³-hybridized carbons (Fsp3) is 0.235. The van der Waals surface area contributed by atoms with Gasteiger partial charge in [-0.05, 0) is 42.3 Å². The number of pyridine rings is 1. The second kappa shape index (κ2) is 8.29. The van der Waals surface area contributed by atoms with Crippen LogP contribution in [0.3, 0.4) is 0 Å². The number of aromatic nitrogens is 1. The zero-order valence-corrected chi connectivity index (χ0v) is 13.6. The van der Waals surface area contributed by atoms with Crippen molar-refractivity contribution in [1.82, 2.24) is 10.3 Å². The molecule has 1 aromatic carbocycles. The monoisotopic (exact) mass is 331 g/mol. The molecule has 6 heteroatoms. The van der Waals surface area contributed by atoms with E-state index in [1.165, 1.54) is 0 Å². The zero-order chi connectivity index (χ0) is 16.7. The average molecular weight is 332 g/mol. The first-order valence-corrected chi connectivity index (χ1v) is 7.74. The predicted molar refractivity (Wildman–Crippen MR) is 90.6 cm³/mol. The van der Waals surface area contributed by atoms with Gasteiger partial charge in [0.2, 0.25) is 5.91 Å². The molecule has 120 valence electrons. The third-order valence-corrected chi connectivity index (χ3v) is 3.51. The Morgan fingerprint density at radius 2 is 1.91 bits per heavy atom. The summed E-state index contributed by atoms with van der Waals surface area (Å²) in [4.78, 5) is 27.8. The van der Waals surface area contributed by atoms with E-state index in [1.807, 2.05) is 12.1 Å². The topological polar surface area (TPSA) is 71.1 Å². The van der Waals surface area contributed by atoms with Crippen molar-refractivity contribution in [2.24, 2.45) is 0 Å². The molecular weight excluding hydrogens is 314 g/mol. The Bertz CT molecular complexity index is 689. The minimum atomic E-state index is -0.248. The van der Waals surface area contributed by atoms with Crippen molar-refractivity contribution in [3.05, 3.63) is 58.9 Å². The molecule has 0 fully saturated rings. The van der Waals surface area contributed by atoms with Crippen LogP contribution < -0.4 is 10.6 Å². The molecule has 23 heavy (non-hydrogen) atoms. The van der Waals surface area contributed by atoms with E-state index in [2.05, 4.69) is 15.6 Å². The van der Waals surface area contributed by atoms with E-state index >= 15 is 0 Å². The molecule has 0 bridgehead atoms. The summed E-state index contributed by atoms with van der Waals surface area (Å²) in [5.74, 6) is -0.416. The van der Waals surface area contributed by atoms with Crippen molar-refractivity contribution in [1.29, 1.82) is 0 Å². The van der Waals surface area contributed by atoms with Gasteiger partial charge in [0.15, 0.2) is 0 Å². The Labute approximate surface area is 140 Å². The van der Waals surface area contributed by atoms with Crippen molar-refractivity contribution in [3.8, 4) is 0 Å². The Kier molecular flexibility index (Phi) is 6.11. The zero-order valence-electron chi connectivity index (χ0n) is 12.8. The number of anilines is 1. The van der Waals surface area contributed by atoms with Crippen LogP contribution >= 0.6 is 11.6 Å². The van der Waals surface area contributed by atoms with Gasteiger partial charge in [-0.3, -0.25) is 14.6 Å². The third kappa shape index (κ3) is 5.07. The molecule has 2 amide bonds. The standard InChI is InChI=1S/C17H18ClN3O2/c1-2-16(22)21-15-11-13(18)3-4-14(15)17(23)20-10-7-12-5-8-19-9-6-12/h3-6,8-9,11H,2,7,10H2,1H3,(H,20,23)(H,21,22). The number of nitrogens with one attached hydrogen (secondary N) is 2. The number of carbonyl (C=O) groups excluding carboxylic acids is 2. The average Bonchev–Trinajstić information content (AvgIpc) is 2.55. The molecule has 0 aliphatic carbocycles. The van der Waals surface area contributed by atoms with Crippen LogP contribution in [0.2, 0.25) is 5.02 Å². The second-order valence-corrected chi connectivity index (χ2v) is 5.39. The summed E-state index contributed by atoms with van der Waals surface area (Å²) in [7, 11) is 0. The smallest absolute Gasteiger partial charge is 0.253 e. The fourth-order valence-electron chi connectivity index (χ4n) is 2.02. The molecule has 0 aliphatic rings. The normalized spacial score (nSPS) is 10.2. The number of rotatable bonds is 6. The highest BCUT2D eigenvalue weighted by atomic mass is 35.5. The lowest BCUT2D eigenvalue weighted by Crippen LogP contribution is -2.27. The Morgan fingerprint density at radius 3 is 2.61 bits per heavy atom. The van der Waals surface area contributed by atoms with Crippen LogP contribution in [0.15, 0.2) is 42.7 Å². The minimum Gasteiger partial charge on any atom is -0.352 e. The largest absolute Gasteiger partial charge is 0.352 e. The molecule has 2 rings (SSSR count). The third-order valence-electron chi connectivity index (χ3n) is 3.27. The lowest BCUT2D eigenvalue weighted by Gasteiger charge is -2.11. The van der Waals surface area contributed by atoms with Crippen LogP contribution in [0.1, 0.15) is 29.3 Å². The van der Waals surface area contributed by atoms with Gasteiger partial charge in [0.25, 0.3) is 5.91 Å². The van der Waals surface area contributed by atoms with Crippen LogP contribution in [0.5, 0.6) is 0 Å². The van der Waals surface area contributed by atoms with Crippen LogP contribution in [0.4, 0.5) is 5.69 Å². The summed E-state index contributed by atoms with van der Waals surface area (Å²) in [6, 6.07) is 8.62. The number of carbonyl (C=O) groups is 2. The summed E-state index contributed by atoms with van der Waals surface area (Å²) < 4.78 is 0. The van der Waals surface area contributed by atoms with Crippen LogP contribution in [-0.2, 0) is 11.2 Å². The van der Waals surface area contributed by atoms with Gasteiger partial charge in [-0.2, -0.15) is 0 Å². The predicted octanol–water partition coefficient (Wildman–Crippen LogP) is 3.06. The van der Waals surface area contributed by atoms with Gasteiger partial charge in [-0.1, -0.05) is 18.5 Å². The fourth-order valence-corrected chi connectivity index (χ4v) is 2.19. The van der Waals surface area contributed by atoms with Gasteiger partial charge in [0.05, 0.1) is 11.3 Å².